The van der Waals surface area contributed by atoms with Crippen LogP contribution in [0.2, 0.25) is 0 Å². The maximum absolute atomic E-state index is 12.9. The van der Waals surface area contributed by atoms with E-state index in [1.165, 1.54) is 50.2 Å². The monoisotopic (exact) mass is 395 g/mol. The molecule has 0 unspecified atom stereocenters. The van der Waals surface area contributed by atoms with Crippen molar-refractivity contribution in [2.75, 3.05) is 32.8 Å². The van der Waals surface area contributed by atoms with Gasteiger partial charge in [-0.25, -0.2) is 13.2 Å². The highest BCUT2D eigenvalue weighted by atomic mass is 32.2. The van der Waals surface area contributed by atoms with Crippen molar-refractivity contribution in [2.45, 2.75) is 50.5 Å². The number of sulfonamides is 1. The zero-order chi connectivity index (χ0) is 19.4. The number of piperidine rings is 2. The van der Waals surface area contributed by atoms with Crippen LogP contribution in [0.3, 0.4) is 0 Å². The van der Waals surface area contributed by atoms with Gasteiger partial charge in [-0.1, -0.05) is 6.92 Å². The standard InChI is InChI=1S/C20H30N2O4S/c1-3-26-20(23)17-4-6-19(7-5-17)27(24,25)22-14-10-18(11-15-22)21-12-8-16(2)9-13-21/h4-7,16,18H,3,8-15H2,1-2H3/p+1. The lowest BCUT2D eigenvalue weighted by molar-refractivity contribution is -0.932. The number of quaternary nitrogens is 1. The molecular formula is C20H31N2O4S+. The molecule has 6 nitrogen and oxygen atoms in total. The van der Waals surface area contributed by atoms with E-state index in [2.05, 4.69) is 6.92 Å². The van der Waals surface area contributed by atoms with Crippen LogP contribution >= 0.6 is 0 Å². The molecule has 0 bridgehead atoms. The van der Waals surface area contributed by atoms with Gasteiger partial charge < -0.3 is 9.64 Å². The summed E-state index contributed by atoms with van der Waals surface area (Å²) in [5, 5.41) is 0. The number of hydrogen-bond acceptors (Lipinski definition) is 4. The molecule has 0 aromatic heterocycles. The Kier molecular flexibility index (Phi) is 6.55. The molecule has 3 rings (SSSR count). The Morgan fingerprint density at radius 2 is 1.70 bits per heavy atom. The molecule has 27 heavy (non-hydrogen) atoms. The number of carbonyl (C=O) groups excluding carboxylic acids is 1. The van der Waals surface area contributed by atoms with Crippen molar-refractivity contribution in [1.29, 1.82) is 0 Å². The first-order valence-electron chi connectivity index (χ1n) is 10.0. The van der Waals surface area contributed by atoms with Gasteiger partial charge in [0, 0.05) is 25.9 Å². The maximum atomic E-state index is 12.9. The summed E-state index contributed by atoms with van der Waals surface area (Å²) in [6.45, 7) is 7.94. The fourth-order valence-corrected chi connectivity index (χ4v) is 5.64. The Morgan fingerprint density at radius 1 is 1.11 bits per heavy atom. The minimum absolute atomic E-state index is 0.244. The molecular weight excluding hydrogens is 364 g/mol. The predicted octanol–water partition coefficient (Wildman–Crippen LogP) is 1.33. The highest BCUT2D eigenvalue weighted by Crippen LogP contribution is 2.21. The average Bonchev–Trinajstić information content (AvgIpc) is 2.69. The summed E-state index contributed by atoms with van der Waals surface area (Å²) in [5.41, 5.74) is 0.373. The Morgan fingerprint density at radius 3 is 2.26 bits per heavy atom. The Bertz CT molecular complexity index is 732. The quantitative estimate of drug-likeness (QED) is 0.764. The molecule has 0 saturated carbocycles. The van der Waals surface area contributed by atoms with Gasteiger partial charge in [-0.15, -0.1) is 0 Å². The van der Waals surface area contributed by atoms with Crippen LogP contribution in [-0.2, 0) is 14.8 Å². The minimum atomic E-state index is -3.51. The lowest BCUT2D eigenvalue weighted by Gasteiger charge is -2.38. The van der Waals surface area contributed by atoms with Crippen LogP contribution in [-0.4, -0.2) is 57.5 Å². The Hall–Kier alpha value is -1.44. The van der Waals surface area contributed by atoms with Gasteiger partial charge in [-0.05, 0) is 49.9 Å². The molecule has 2 aliphatic heterocycles. The van der Waals surface area contributed by atoms with Crippen molar-refractivity contribution in [1.82, 2.24) is 4.31 Å². The molecule has 0 spiro atoms. The molecule has 1 aromatic carbocycles. The molecule has 0 radical (unpaired) electrons. The zero-order valence-corrected chi connectivity index (χ0v) is 17.1. The van der Waals surface area contributed by atoms with Crippen LogP contribution in [0.5, 0.6) is 0 Å². The van der Waals surface area contributed by atoms with Gasteiger partial charge in [0.1, 0.15) is 0 Å². The van der Waals surface area contributed by atoms with Crippen LogP contribution in [0, 0.1) is 5.92 Å². The second kappa shape index (κ2) is 8.71. The van der Waals surface area contributed by atoms with Crippen LogP contribution in [0.25, 0.3) is 0 Å². The van der Waals surface area contributed by atoms with Gasteiger partial charge in [-0.2, -0.15) is 4.31 Å². The molecule has 1 aromatic rings. The normalized spacial score (nSPS) is 25.3. The number of carbonyl (C=O) groups is 1. The van der Waals surface area contributed by atoms with Crippen LogP contribution < -0.4 is 4.90 Å². The van der Waals surface area contributed by atoms with E-state index < -0.39 is 16.0 Å². The van der Waals surface area contributed by atoms with Crippen molar-refractivity contribution in [3.05, 3.63) is 29.8 Å². The van der Waals surface area contributed by atoms with E-state index in [9.17, 15) is 13.2 Å². The van der Waals surface area contributed by atoms with E-state index in [0.717, 1.165) is 18.8 Å². The van der Waals surface area contributed by atoms with Crippen molar-refractivity contribution in [3.8, 4) is 0 Å². The first-order valence-corrected chi connectivity index (χ1v) is 11.5. The number of benzene rings is 1. The molecule has 0 amide bonds. The average molecular weight is 396 g/mol. The van der Waals surface area contributed by atoms with E-state index in [1.807, 2.05) is 0 Å². The third-order valence-corrected chi connectivity index (χ3v) is 7.86. The SMILES string of the molecule is CCOC(=O)c1ccc(S(=O)(=O)N2CCC([NH+]3CCC(C)CC3)CC2)cc1. The molecule has 0 aliphatic carbocycles. The number of esters is 1. The van der Waals surface area contributed by atoms with Crippen molar-refractivity contribution < 1.29 is 22.8 Å². The summed E-state index contributed by atoms with van der Waals surface area (Å²) in [5.74, 6) is 0.396. The lowest BCUT2D eigenvalue weighted by atomic mass is 9.95. The van der Waals surface area contributed by atoms with Crippen molar-refractivity contribution in [3.63, 3.8) is 0 Å². The van der Waals surface area contributed by atoms with Crippen molar-refractivity contribution in [2.24, 2.45) is 5.92 Å². The smallest absolute Gasteiger partial charge is 0.338 e. The number of nitrogens with zero attached hydrogens (tertiary/aromatic N) is 1. The van der Waals surface area contributed by atoms with E-state index in [0.29, 0.717) is 31.3 Å². The second-order valence-corrected chi connectivity index (χ2v) is 9.70. The third-order valence-electron chi connectivity index (χ3n) is 5.95. The van der Waals surface area contributed by atoms with Crippen LogP contribution in [0.1, 0.15) is 49.9 Å². The van der Waals surface area contributed by atoms with Gasteiger partial charge in [0.25, 0.3) is 0 Å². The highest BCUT2D eigenvalue weighted by molar-refractivity contribution is 7.89. The predicted molar refractivity (Wildman–Crippen MR) is 103 cm³/mol. The lowest BCUT2D eigenvalue weighted by Crippen LogP contribution is -3.17. The summed E-state index contributed by atoms with van der Waals surface area (Å²) in [6.07, 6.45) is 4.40. The summed E-state index contributed by atoms with van der Waals surface area (Å²) in [4.78, 5) is 13.6. The third kappa shape index (κ3) is 4.70. The minimum Gasteiger partial charge on any atom is -0.462 e. The summed E-state index contributed by atoms with van der Waals surface area (Å²) >= 11 is 0. The van der Waals surface area contributed by atoms with Crippen LogP contribution in [0.15, 0.2) is 29.2 Å². The van der Waals surface area contributed by atoms with Crippen molar-refractivity contribution >= 4 is 16.0 Å². The molecule has 0 atom stereocenters. The highest BCUT2D eigenvalue weighted by Gasteiger charge is 2.34. The molecule has 1 N–H and O–H groups in total. The number of hydrogen-bond donors (Lipinski definition) is 1. The number of likely N-dealkylation sites (tertiary alicyclic amines) is 1. The van der Waals surface area contributed by atoms with E-state index in [-0.39, 0.29) is 4.90 Å². The zero-order valence-electron chi connectivity index (χ0n) is 16.3. The summed E-state index contributed by atoms with van der Waals surface area (Å²) in [7, 11) is -3.51. The molecule has 2 aliphatic rings. The van der Waals surface area contributed by atoms with Crippen LogP contribution in [0.4, 0.5) is 0 Å². The molecule has 7 heteroatoms. The molecule has 2 fully saturated rings. The van der Waals surface area contributed by atoms with Gasteiger partial charge in [0.05, 0.1) is 36.2 Å². The van der Waals surface area contributed by atoms with Gasteiger partial charge in [0.2, 0.25) is 10.0 Å². The summed E-state index contributed by atoms with van der Waals surface area (Å²) < 4.78 is 32.4. The first kappa shape index (κ1) is 20.3. The first-order chi connectivity index (χ1) is 12.9. The fraction of sp³-hybridized carbons (Fsp3) is 0.650. The van der Waals surface area contributed by atoms with Gasteiger partial charge in [-0.3, -0.25) is 0 Å². The molecule has 2 saturated heterocycles. The molecule has 150 valence electrons. The van der Waals surface area contributed by atoms with E-state index >= 15 is 0 Å². The largest absolute Gasteiger partial charge is 0.462 e. The number of nitrogens with one attached hydrogen (secondary N) is 1. The fourth-order valence-electron chi connectivity index (χ4n) is 4.17. The summed E-state index contributed by atoms with van der Waals surface area (Å²) in [6, 6.07) is 6.64. The van der Waals surface area contributed by atoms with Gasteiger partial charge in [0.15, 0.2) is 0 Å². The maximum Gasteiger partial charge on any atom is 0.338 e. The van der Waals surface area contributed by atoms with E-state index in [1.54, 1.807) is 16.1 Å². The van der Waals surface area contributed by atoms with Gasteiger partial charge >= 0.3 is 5.97 Å². The Labute approximate surface area is 162 Å². The van der Waals surface area contributed by atoms with E-state index in [4.69, 9.17) is 4.74 Å². The number of rotatable bonds is 5. The topological polar surface area (TPSA) is 68.1 Å². The second-order valence-electron chi connectivity index (χ2n) is 7.76. The number of ether oxygens (including phenoxy) is 1. The molecule has 2 heterocycles. The Balaban J connectivity index is 1.60.